The lowest BCUT2D eigenvalue weighted by Gasteiger charge is -2.18. The predicted molar refractivity (Wildman–Crippen MR) is 80.9 cm³/mol. The van der Waals surface area contributed by atoms with E-state index in [1.807, 2.05) is 6.92 Å². The summed E-state index contributed by atoms with van der Waals surface area (Å²) >= 11 is 0. The van der Waals surface area contributed by atoms with Gasteiger partial charge >= 0.3 is 5.76 Å². The van der Waals surface area contributed by atoms with Gasteiger partial charge in [-0.15, -0.1) is 0 Å². The molecule has 1 aromatic heterocycles. The molecule has 120 valence electrons. The lowest BCUT2D eigenvalue weighted by atomic mass is 10.3. The van der Waals surface area contributed by atoms with Gasteiger partial charge in [-0.2, -0.15) is 0 Å². The standard InChI is InChI=1S/C14H19N3O5/c1-2-15(8-9-18)6-3-7-16-12-10-11(17(20)21)4-5-13(12)22-14(16)19/h4-5,10,18H,2-3,6-9H2,1H3. The van der Waals surface area contributed by atoms with Crippen molar-refractivity contribution in [2.45, 2.75) is 19.9 Å². The molecule has 1 heterocycles. The zero-order valence-electron chi connectivity index (χ0n) is 12.4. The number of non-ortho nitro benzene ring substituents is 1. The van der Waals surface area contributed by atoms with Crippen LogP contribution in [0.2, 0.25) is 0 Å². The van der Waals surface area contributed by atoms with Crippen LogP contribution in [-0.4, -0.2) is 45.7 Å². The van der Waals surface area contributed by atoms with E-state index in [-0.39, 0.29) is 12.3 Å². The van der Waals surface area contributed by atoms with E-state index in [1.54, 1.807) is 0 Å². The molecule has 0 aliphatic rings. The van der Waals surface area contributed by atoms with Gasteiger partial charge in [-0.25, -0.2) is 4.79 Å². The normalized spacial score (nSPS) is 11.4. The predicted octanol–water partition coefficient (Wildman–Crippen LogP) is 1.21. The molecule has 0 saturated carbocycles. The number of aromatic nitrogens is 1. The van der Waals surface area contributed by atoms with Gasteiger partial charge in [0.1, 0.15) is 0 Å². The fourth-order valence-electron chi connectivity index (χ4n) is 2.40. The second kappa shape index (κ2) is 7.19. The number of nitro groups is 1. The number of aryl methyl sites for hydroxylation is 1. The van der Waals surface area contributed by atoms with Gasteiger partial charge in [0.2, 0.25) is 0 Å². The Morgan fingerprint density at radius 3 is 2.82 bits per heavy atom. The van der Waals surface area contributed by atoms with Crippen LogP contribution in [0.3, 0.4) is 0 Å². The average molecular weight is 309 g/mol. The Hall–Kier alpha value is -2.19. The fraction of sp³-hybridized carbons (Fsp3) is 0.500. The van der Waals surface area contributed by atoms with E-state index in [2.05, 4.69) is 4.90 Å². The van der Waals surface area contributed by atoms with Gasteiger partial charge in [0.25, 0.3) is 5.69 Å². The summed E-state index contributed by atoms with van der Waals surface area (Å²) in [6.07, 6.45) is 0.686. The molecular weight excluding hydrogens is 290 g/mol. The molecule has 0 aliphatic carbocycles. The van der Waals surface area contributed by atoms with Crippen molar-refractivity contribution in [2.75, 3.05) is 26.2 Å². The first-order chi connectivity index (χ1) is 10.6. The maximum Gasteiger partial charge on any atom is 0.419 e. The Kier molecular flexibility index (Phi) is 5.29. The molecule has 0 amide bonds. The van der Waals surface area contributed by atoms with E-state index in [0.717, 1.165) is 13.1 Å². The number of aliphatic hydroxyl groups is 1. The largest absolute Gasteiger partial charge is 0.419 e. The minimum atomic E-state index is -0.513. The van der Waals surface area contributed by atoms with Crippen LogP contribution in [0.5, 0.6) is 0 Å². The number of aliphatic hydroxyl groups excluding tert-OH is 1. The van der Waals surface area contributed by atoms with Crippen molar-refractivity contribution in [2.24, 2.45) is 0 Å². The molecule has 0 fully saturated rings. The van der Waals surface area contributed by atoms with E-state index < -0.39 is 10.7 Å². The summed E-state index contributed by atoms with van der Waals surface area (Å²) < 4.78 is 6.51. The fourth-order valence-corrected chi connectivity index (χ4v) is 2.40. The summed E-state index contributed by atoms with van der Waals surface area (Å²) in [5.41, 5.74) is 0.709. The van der Waals surface area contributed by atoms with Gasteiger partial charge in [-0.05, 0) is 25.6 Å². The average Bonchev–Trinajstić information content (AvgIpc) is 2.81. The quantitative estimate of drug-likeness (QED) is 0.581. The highest BCUT2D eigenvalue weighted by molar-refractivity contribution is 5.75. The third kappa shape index (κ3) is 3.52. The topological polar surface area (TPSA) is 102 Å². The Balaban J connectivity index is 2.16. The van der Waals surface area contributed by atoms with Gasteiger partial charge in [0.05, 0.1) is 17.0 Å². The maximum absolute atomic E-state index is 11.9. The van der Waals surface area contributed by atoms with Crippen LogP contribution in [0.1, 0.15) is 13.3 Å². The van der Waals surface area contributed by atoms with E-state index in [0.29, 0.717) is 30.6 Å². The summed E-state index contributed by atoms with van der Waals surface area (Å²) in [5.74, 6) is -0.513. The van der Waals surface area contributed by atoms with Gasteiger partial charge in [0, 0.05) is 25.2 Å². The van der Waals surface area contributed by atoms with Crippen LogP contribution >= 0.6 is 0 Å². The number of rotatable bonds is 8. The monoisotopic (exact) mass is 309 g/mol. The molecule has 1 N–H and O–H groups in total. The van der Waals surface area contributed by atoms with Crippen LogP contribution in [-0.2, 0) is 6.54 Å². The number of nitro benzene ring substituents is 1. The van der Waals surface area contributed by atoms with Crippen molar-refractivity contribution in [1.82, 2.24) is 9.47 Å². The van der Waals surface area contributed by atoms with Crippen molar-refractivity contribution in [3.8, 4) is 0 Å². The van der Waals surface area contributed by atoms with Crippen molar-refractivity contribution >= 4 is 16.8 Å². The number of hydrogen-bond acceptors (Lipinski definition) is 6. The first-order valence-electron chi connectivity index (χ1n) is 7.17. The summed E-state index contributed by atoms with van der Waals surface area (Å²) in [6, 6.07) is 4.11. The van der Waals surface area contributed by atoms with Crippen LogP contribution in [0.4, 0.5) is 5.69 Å². The van der Waals surface area contributed by atoms with Gasteiger partial charge in [-0.3, -0.25) is 14.7 Å². The number of oxazole rings is 1. The highest BCUT2D eigenvalue weighted by Gasteiger charge is 2.14. The first-order valence-corrected chi connectivity index (χ1v) is 7.17. The molecule has 0 radical (unpaired) electrons. The summed E-state index contributed by atoms with van der Waals surface area (Å²) in [6.45, 7) is 4.63. The van der Waals surface area contributed by atoms with Crippen molar-refractivity contribution in [3.05, 3.63) is 38.9 Å². The zero-order valence-corrected chi connectivity index (χ0v) is 12.4. The van der Waals surface area contributed by atoms with Crippen LogP contribution in [0.15, 0.2) is 27.4 Å². The number of hydrogen-bond donors (Lipinski definition) is 1. The second-order valence-corrected chi connectivity index (χ2v) is 4.94. The molecular formula is C14H19N3O5. The third-order valence-corrected chi connectivity index (χ3v) is 3.58. The summed E-state index contributed by atoms with van der Waals surface area (Å²) in [4.78, 5) is 24.3. The summed E-state index contributed by atoms with van der Waals surface area (Å²) in [7, 11) is 0. The van der Waals surface area contributed by atoms with Gasteiger partial charge < -0.3 is 14.4 Å². The highest BCUT2D eigenvalue weighted by atomic mass is 16.6. The maximum atomic E-state index is 11.9. The van der Waals surface area contributed by atoms with E-state index in [9.17, 15) is 14.9 Å². The molecule has 0 aliphatic heterocycles. The minimum absolute atomic E-state index is 0.0717. The van der Waals surface area contributed by atoms with Crippen molar-refractivity contribution in [3.63, 3.8) is 0 Å². The number of likely N-dealkylation sites (N-methyl/N-ethyl adjacent to an activating group) is 1. The zero-order chi connectivity index (χ0) is 16.1. The molecule has 8 heteroatoms. The molecule has 0 spiro atoms. The minimum Gasteiger partial charge on any atom is -0.408 e. The molecule has 8 nitrogen and oxygen atoms in total. The number of benzene rings is 1. The highest BCUT2D eigenvalue weighted by Crippen LogP contribution is 2.20. The Morgan fingerprint density at radius 2 is 2.18 bits per heavy atom. The number of fused-ring (bicyclic) bond motifs is 1. The third-order valence-electron chi connectivity index (χ3n) is 3.58. The molecule has 22 heavy (non-hydrogen) atoms. The van der Waals surface area contributed by atoms with Crippen molar-refractivity contribution in [1.29, 1.82) is 0 Å². The molecule has 2 aromatic rings. The molecule has 2 rings (SSSR count). The van der Waals surface area contributed by atoms with Crippen molar-refractivity contribution < 1.29 is 14.4 Å². The lowest BCUT2D eigenvalue weighted by Crippen LogP contribution is -2.29. The van der Waals surface area contributed by atoms with E-state index >= 15 is 0 Å². The molecule has 0 atom stereocenters. The van der Waals surface area contributed by atoms with E-state index in [4.69, 9.17) is 9.52 Å². The molecule has 0 bridgehead atoms. The Bertz CT molecular complexity index is 706. The smallest absolute Gasteiger partial charge is 0.408 e. The Labute approximate surface area is 126 Å². The Morgan fingerprint density at radius 1 is 1.41 bits per heavy atom. The van der Waals surface area contributed by atoms with Gasteiger partial charge in [-0.1, -0.05) is 6.92 Å². The van der Waals surface area contributed by atoms with Crippen LogP contribution < -0.4 is 5.76 Å². The number of nitrogens with zero attached hydrogens (tertiary/aromatic N) is 3. The van der Waals surface area contributed by atoms with Gasteiger partial charge in [0.15, 0.2) is 5.58 Å². The summed E-state index contributed by atoms with van der Waals surface area (Å²) in [5, 5.41) is 19.8. The molecule has 0 unspecified atom stereocenters. The SMILES string of the molecule is CCN(CCO)CCCn1c(=O)oc2ccc([N+](=O)[O-])cc21. The second-order valence-electron chi connectivity index (χ2n) is 4.94. The first kappa shape index (κ1) is 16.2. The molecule has 1 aromatic carbocycles. The van der Waals surface area contributed by atoms with E-state index in [1.165, 1.54) is 22.8 Å². The van der Waals surface area contributed by atoms with Crippen LogP contribution in [0, 0.1) is 10.1 Å². The molecule has 0 saturated heterocycles. The lowest BCUT2D eigenvalue weighted by molar-refractivity contribution is -0.384. The van der Waals surface area contributed by atoms with Crippen LogP contribution in [0.25, 0.3) is 11.1 Å².